The number of carboxylic acid groups (broad SMARTS) is 1. The van der Waals surface area contributed by atoms with Crippen molar-refractivity contribution in [2.24, 2.45) is 0 Å². The topological polar surface area (TPSA) is 163 Å². The smallest absolute Gasteiger partial charge is 0.326 e. The fourth-order valence-corrected chi connectivity index (χ4v) is 7.08. The van der Waals surface area contributed by atoms with Crippen LogP contribution in [0.15, 0.2) is 127 Å². The van der Waals surface area contributed by atoms with Gasteiger partial charge in [-0.15, -0.1) is 11.3 Å². The maximum Gasteiger partial charge on any atom is 0.326 e. The molecular weight excluding hydrogens is 717 g/mol. The van der Waals surface area contributed by atoms with Crippen molar-refractivity contribution < 1.29 is 33.8 Å². The van der Waals surface area contributed by atoms with Gasteiger partial charge in [0.05, 0.1) is 0 Å². The van der Waals surface area contributed by atoms with E-state index in [1.165, 1.54) is 11.3 Å². The van der Waals surface area contributed by atoms with E-state index in [-0.39, 0.29) is 32.3 Å². The molecule has 4 amide bonds. The normalized spacial score (nSPS) is 19.7. The molecule has 0 fully saturated rings. The lowest BCUT2D eigenvalue weighted by Gasteiger charge is -2.26. The van der Waals surface area contributed by atoms with Gasteiger partial charge in [0, 0.05) is 24.1 Å². The van der Waals surface area contributed by atoms with E-state index < -0.39 is 53.8 Å². The van der Waals surface area contributed by atoms with Crippen molar-refractivity contribution in [1.29, 1.82) is 0 Å². The van der Waals surface area contributed by atoms with Gasteiger partial charge in [0.1, 0.15) is 29.9 Å². The minimum atomic E-state index is -1.31. The Hall–Kier alpha value is -6.27. The van der Waals surface area contributed by atoms with E-state index in [0.29, 0.717) is 17.7 Å². The lowest BCUT2D eigenvalue weighted by molar-refractivity contribution is -0.142. The molecule has 1 aromatic heterocycles. The highest BCUT2D eigenvalue weighted by Gasteiger charge is 2.32. The number of aryl methyl sites for hydroxylation is 1. The Kier molecular flexibility index (Phi) is 13.0. The maximum absolute atomic E-state index is 14.3. The van der Waals surface area contributed by atoms with Crippen molar-refractivity contribution in [2.45, 2.75) is 56.3 Å². The number of hydrogen-bond acceptors (Lipinski definition) is 7. The summed E-state index contributed by atoms with van der Waals surface area (Å²) < 4.78 is 5.69. The zero-order valence-electron chi connectivity index (χ0n) is 30.0. The molecule has 11 nitrogen and oxygen atoms in total. The summed E-state index contributed by atoms with van der Waals surface area (Å²) in [5.41, 5.74) is 4.27. The third kappa shape index (κ3) is 11.1. The van der Waals surface area contributed by atoms with Crippen LogP contribution in [0.1, 0.15) is 28.0 Å². The molecule has 5 aromatic rings. The van der Waals surface area contributed by atoms with Gasteiger partial charge in [0.25, 0.3) is 5.91 Å². The number of carboxylic acids is 1. The third-order valence-corrected chi connectivity index (χ3v) is 10.2. The first-order valence-corrected chi connectivity index (χ1v) is 18.9. The molecule has 5 N–H and O–H groups in total. The number of hydrogen-bond donors (Lipinski definition) is 5. The SMILES string of the molecule is O=C1COc2ccc(cc2)C[C@@H](C(=O)O)NC(=O)[C@@H](CCc2ccccc2)NC(=O)[C@H](Cc2ccc(-c3ccccc3)cc2)NC(=O)[C@@H](Cc2cccs2)N1. The quantitative estimate of drug-likeness (QED) is 0.138. The summed E-state index contributed by atoms with van der Waals surface area (Å²) in [6.45, 7) is -0.387. The first-order valence-electron chi connectivity index (χ1n) is 18.1. The molecule has 0 saturated carbocycles. The summed E-state index contributed by atoms with van der Waals surface area (Å²) in [6.07, 6.45) is 0.759. The van der Waals surface area contributed by atoms with Crippen LogP contribution < -0.4 is 26.0 Å². The standard InChI is InChI=1S/C43H42N4O7S/c48-39-27-54-33-20-15-30(16-21-33)25-38(43(52)53)47-40(49)35(22-17-28-8-3-1-4-9-28)45-41(50)36(46-42(51)37(44-39)26-34-12-7-23-55-34)24-29-13-18-32(19-14-29)31-10-5-2-6-11-31/h1-16,18-21,23,35-38H,17,22,24-27H2,(H,44,48)(H,45,50)(H,46,51)(H,47,49)(H,52,53)/t35-,36+,37-,38+/m1/s1. The minimum Gasteiger partial charge on any atom is -0.484 e. The molecule has 3 heterocycles. The fraction of sp³-hybridized carbons (Fsp3) is 0.233. The van der Waals surface area contributed by atoms with Gasteiger partial charge in [-0.3, -0.25) is 19.2 Å². The summed E-state index contributed by atoms with van der Waals surface area (Å²) in [7, 11) is 0. The number of nitrogens with one attached hydrogen (secondary N) is 4. The molecule has 12 heteroatoms. The van der Waals surface area contributed by atoms with E-state index in [2.05, 4.69) is 21.3 Å². The van der Waals surface area contributed by atoms with Crippen molar-refractivity contribution in [3.63, 3.8) is 0 Å². The molecule has 0 aliphatic carbocycles. The summed E-state index contributed by atoms with van der Waals surface area (Å²) >= 11 is 1.43. The number of benzene rings is 4. The molecule has 4 aromatic carbocycles. The Bertz CT molecular complexity index is 2060. The van der Waals surface area contributed by atoms with Gasteiger partial charge < -0.3 is 31.1 Å². The average molecular weight is 759 g/mol. The Morgan fingerprint density at radius 2 is 1.25 bits per heavy atom. The van der Waals surface area contributed by atoms with Gasteiger partial charge in [-0.2, -0.15) is 0 Å². The lowest BCUT2D eigenvalue weighted by atomic mass is 9.99. The second kappa shape index (κ2) is 18.7. The third-order valence-electron chi connectivity index (χ3n) is 9.32. The molecule has 282 valence electrons. The number of thiophene rings is 1. The Morgan fingerprint density at radius 1 is 0.636 bits per heavy atom. The highest BCUT2D eigenvalue weighted by atomic mass is 32.1. The first kappa shape index (κ1) is 38.5. The monoisotopic (exact) mass is 758 g/mol. The molecule has 0 spiro atoms. The predicted octanol–water partition coefficient (Wildman–Crippen LogP) is 4.49. The van der Waals surface area contributed by atoms with Crippen LogP contribution in [0.3, 0.4) is 0 Å². The summed E-state index contributed by atoms with van der Waals surface area (Å²) in [5.74, 6) is -3.33. The second-order valence-corrected chi connectivity index (χ2v) is 14.4. The van der Waals surface area contributed by atoms with Crippen molar-refractivity contribution >= 4 is 40.9 Å². The van der Waals surface area contributed by atoms with Crippen LogP contribution in [0, 0.1) is 0 Å². The van der Waals surface area contributed by atoms with Crippen LogP contribution in [-0.2, 0) is 49.7 Å². The van der Waals surface area contributed by atoms with Gasteiger partial charge in [0.15, 0.2) is 6.61 Å². The van der Waals surface area contributed by atoms with E-state index >= 15 is 0 Å². The van der Waals surface area contributed by atoms with Crippen molar-refractivity contribution in [2.75, 3.05) is 6.61 Å². The van der Waals surface area contributed by atoms with Crippen LogP contribution in [0.2, 0.25) is 0 Å². The van der Waals surface area contributed by atoms with Gasteiger partial charge >= 0.3 is 5.97 Å². The molecule has 4 atom stereocenters. The van der Waals surface area contributed by atoms with Gasteiger partial charge in [-0.1, -0.05) is 103 Å². The maximum atomic E-state index is 14.3. The van der Waals surface area contributed by atoms with E-state index in [0.717, 1.165) is 27.1 Å². The number of aliphatic carboxylic acids is 1. The van der Waals surface area contributed by atoms with Crippen LogP contribution in [-0.4, -0.2) is 65.5 Å². The molecule has 0 radical (unpaired) electrons. The fourth-order valence-electron chi connectivity index (χ4n) is 6.33. The second-order valence-electron chi connectivity index (χ2n) is 13.4. The predicted molar refractivity (Wildman–Crippen MR) is 209 cm³/mol. The minimum absolute atomic E-state index is 0.0384. The lowest BCUT2D eigenvalue weighted by Crippen LogP contribution is -2.59. The van der Waals surface area contributed by atoms with Crippen molar-refractivity contribution in [3.8, 4) is 16.9 Å². The zero-order chi connectivity index (χ0) is 38.6. The number of fused-ring (bicyclic) bond motifs is 16. The molecular formula is C43H42N4O7S. The van der Waals surface area contributed by atoms with Crippen LogP contribution in [0.5, 0.6) is 5.75 Å². The Labute approximate surface area is 323 Å². The first-order chi connectivity index (χ1) is 26.7. The van der Waals surface area contributed by atoms with E-state index in [4.69, 9.17) is 4.74 Å². The zero-order valence-corrected chi connectivity index (χ0v) is 30.8. The van der Waals surface area contributed by atoms with Gasteiger partial charge in [-0.25, -0.2) is 4.79 Å². The number of rotatable bonds is 9. The molecule has 2 aliphatic rings. The number of carbonyl (C=O) groups is 5. The molecule has 7 rings (SSSR count). The van der Waals surface area contributed by atoms with E-state index in [1.807, 2.05) is 102 Å². The molecule has 0 saturated heterocycles. The number of amides is 4. The Morgan fingerprint density at radius 3 is 1.91 bits per heavy atom. The van der Waals surface area contributed by atoms with Crippen LogP contribution in [0.4, 0.5) is 0 Å². The largest absolute Gasteiger partial charge is 0.484 e. The van der Waals surface area contributed by atoms with Gasteiger partial charge in [-0.05, 0) is 64.2 Å². The number of carbonyl (C=O) groups excluding carboxylic acids is 4. The average Bonchev–Trinajstić information content (AvgIpc) is 3.72. The molecule has 55 heavy (non-hydrogen) atoms. The van der Waals surface area contributed by atoms with Crippen molar-refractivity contribution in [3.05, 3.63) is 148 Å². The van der Waals surface area contributed by atoms with Crippen LogP contribution in [0.25, 0.3) is 11.1 Å². The number of ether oxygens (including phenoxy) is 1. The van der Waals surface area contributed by atoms with Crippen LogP contribution >= 0.6 is 11.3 Å². The molecule has 0 unspecified atom stereocenters. The van der Waals surface area contributed by atoms with E-state index in [1.54, 1.807) is 24.3 Å². The molecule has 2 bridgehead atoms. The molecule has 2 aliphatic heterocycles. The van der Waals surface area contributed by atoms with Crippen molar-refractivity contribution in [1.82, 2.24) is 21.3 Å². The van der Waals surface area contributed by atoms with Gasteiger partial charge in [0.2, 0.25) is 17.7 Å². The highest BCUT2D eigenvalue weighted by molar-refractivity contribution is 7.09. The summed E-state index contributed by atoms with van der Waals surface area (Å²) in [6, 6.07) is 32.4. The summed E-state index contributed by atoms with van der Waals surface area (Å²) in [4.78, 5) is 68.7. The highest BCUT2D eigenvalue weighted by Crippen LogP contribution is 2.21. The van der Waals surface area contributed by atoms with E-state index in [9.17, 15) is 29.1 Å². The Balaban J connectivity index is 1.33. The summed E-state index contributed by atoms with van der Waals surface area (Å²) in [5, 5.41) is 23.1.